The van der Waals surface area contributed by atoms with Crippen molar-refractivity contribution in [1.29, 1.82) is 0 Å². The summed E-state index contributed by atoms with van der Waals surface area (Å²) in [5.74, 6) is -0.834. The number of nitrogens with zero attached hydrogens (tertiary/aromatic N) is 1. The quantitative estimate of drug-likeness (QED) is 0.844. The fourth-order valence-electron chi connectivity index (χ4n) is 3.25. The minimum Gasteiger partial charge on any atom is -0.480 e. The van der Waals surface area contributed by atoms with Crippen molar-refractivity contribution >= 4 is 33.3 Å². The first-order valence-corrected chi connectivity index (χ1v) is 9.10. The molecule has 1 fully saturated rings. The Bertz CT molecular complexity index is 765. The number of hydrogen-bond donors (Lipinski definition) is 2. The van der Waals surface area contributed by atoms with Gasteiger partial charge in [0.25, 0.3) is 5.91 Å². The van der Waals surface area contributed by atoms with Gasteiger partial charge in [-0.25, -0.2) is 0 Å². The Kier molecular flexibility index (Phi) is 4.87. The van der Waals surface area contributed by atoms with Crippen LogP contribution < -0.4 is 5.32 Å². The molecule has 1 aromatic heterocycles. The van der Waals surface area contributed by atoms with E-state index in [9.17, 15) is 9.59 Å². The van der Waals surface area contributed by atoms with Crippen molar-refractivity contribution in [2.45, 2.75) is 38.8 Å². The zero-order valence-corrected chi connectivity index (χ0v) is 14.7. The van der Waals surface area contributed by atoms with E-state index < -0.39 is 5.97 Å². The number of aryl methyl sites for hydroxylation is 1. The smallest absolute Gasteiger partial charge is 0.317 e. The average Bonchev–Trinajstić information content (AvgIpc) is 2.91. The van der Waals surface area contributed by atoms with Crippen LogP contribution >= 0.6 is 11.3 Å². The van der Waals surface area contributed by atoms with E-state index in [-0.39, 0.29) is 24.5 Å². The molecule has 6 heteroatoms. The second-order valence-corrected chi connectivity index (χ2v) is 7.31. The van der Waals surface area contributed by atoms with Crippen LogP contribution in [-0.4, -0.2) is 47.1 Å². The maximum absolute atomic E-state index is 12.5. The predicted octanol–water partition coefficient (Wildman–Crippen LogP) is 2.88. The molecule has 2 aromatic rings. The largest absolute Gasteiger partial charge is 0.480 e. The molecular weight excluding hydrogens is 324 g/mol. The topological polar surface area (TPSA) is 69.6 Å². The Labute approximate surface area is 145 Å². The molecule has 0 unspecified atom stereocenters. The third-order valence-electron chi connectivity index (χ3n) is 4.68. The SMILES string of the molecule is CCN(CC(=O)O)C1CC(NC(=O)c2csc3cc(C)ccc23)C1. The number of benzene rings is 1. The van der Waals surface area contributed by atoms with Gasteiger partial charge in [-0.15, -0.1) is 11.3 Å². The van der Waals surface area contributed by atoms with E-state index in [0.717, 1.165) is 28.5 Å². The molecule has 0 atom stereocenters. The van der Waals surface area contributed by atoms with Crippen molar-refractivity contribution in [2.24, 2.45) is 0 Å². The van der Waals surface area contributed by atoms with Crippen molar-refractivity contribution in [1.82, 2.24) is 10.2 Å². The summed E-state index contributed by atoms with van der Waals surface area (Å²) in [6.45, 7) is 4.79. The minimum atomic E-state index is -0.802. The number of hydrogen-bond acceptors (Lipinski definition) is 4. The highest BCUT2D eigenvalue weighted by atomic mass is 32.1. The monoisotopic (exact) mass is 346 g/mol. The third kappa shape index (κ3) is 3.44. The van der Waals surface area contributed by atoms with Gasteiger partial charge in [-0.1, -0.05) is 19.1 Å². The maximum Gasteiger partial charge on any atom is 0.317 e. The van der Waals surface area contributed by atoms with Gasteiger partial charge in [-0.05, 0) is 37.9 Å². The number of aliphatic carboxylic acids is 1. The van der Waals surface area contributed by atoms with Gasteiger partial charge in [0.15, 0.2) is 0 Å². The molecule has 128 valence electrons. The van der Waals surface area contributed by atoms with Crippen LogP contribution in [0.2, 0.25) is 0 Å². The summed E-state index contributed by atoms with van der Waals surface area (Å²) in [5, 5.41) is 14.9. The molecule has 1 aromatic carbocycles. The third-order valence-corrected chi connectivity index (χ3v) is 5.63. The summed E-state index contributed by atoms with van der Waals surface area (Å²) in [6.07, 6.45) is 1.63. The number of carboxylic acid groups (broad SMARTS) is 1. The number of carboxylic acids is 1. The standard InChI is InChI=1S/C18H22N2O3S/c1-3-20(9-17(21)22)13-7-12(8-13)19-18(23)15-10-24-16-6-11(2)4-5-14(15)16/h4-6,10,12-13H,3,7-9H2,1-2H3,(H,19,23)(H,21,22). The second kappa shape index (κ2) is 6.91. The highest BCUT2D eigenvalue weighted by Crippen LogP contribution is 2.29. The number of rotatable bonds is 6. The first kappa shape index (κ1) is 16.9. The average molecular weight is 346 g/mol. The van der Waals surface area contributed by atoms with E-state index in [0.29, 0.717) is 6.54 Å². The molecule has 5 nitrogen and oxygen atoms in total. The van der Waals surface area contributed by atoms with Crippen LogP contribution in [0.1, 0.15) is 35.7 Å². The summed E-state index contributed by atoms with van der Waals surface area (Å²) in [6, 6.07) is 6.51. The Morgan fingerprint density at radius 3 is 2.79 bits per heavy atom. The van der Waals surface area contributed by atoms with E-state index in [2.05, 4.69) is 11.4 Å². The number of amides is 1. The van der Waals surface area contributed by atoms with Crippen LogP contribution in [0.4, 0.5) is 0 Å². The molecule has 3 rings (SSSR count). The molecule has 1 heterocycles. The van der Waals surface area contributed by atoms with Gasteiger partial charge in [0.2, 0.25) is 0 Å². The first-order chi connectivity index (χ1) is 11.5. The van der Waals surface area contributed by atoms with Crippen molar-refractivity contribution < 1.29 is 14.7 Å². The molecular formula is C18H22N2O3S. The lowest BCUT2D eigenvalue weighted by Gasteiger charge is -2.42. The molecule has 1 aliphatic rings. The fraction of sp³-hybridized carbons (Fsp3) is 0.444. The van der Waals surface area contributed by atoms with E-state index in [1.165, 1.54) is 5.56 Å². The number of nitrogens with one attached hydrogen (secondary N) is 1. The van der Waals surface area contributed by atoms with E-state index >= 15 is 0 Å². The van der Waals surface area contributed by atoms with Crippen LogP contribution in [0.5, 0.6) is 0 Å². The number of thiophene rings is 1. The van der Waals surface area contributed by atoms with E-state index in [4.69, 9.17) is 5.11 Å². The van der Waals surface area contributed by atoms with Gasteiger partial charge in [0.1, 0.15) is 0 Å². The maximum atomic E-state index is 12.5. The van der Waals surface area contributed by atoms with Crippen molar-refractivity contribution in [2.75, 3.05) is 13.1 Å². The van der Waals surface area contributed by atoms with Gasteiger partial charge >= 0.3 is 5.97 Å². The summed E-state index contributed by atoms with van der Waals surface area (Å²) in [5.41, 5.74) is 1.92. The second-order valence-electron chi connectivity index (χ2n) is 6.40. The zero-order valence-electron chi connectivity index (χ0n) is 13.9. The van der Waals surface area contributed by atoms with Crippen molar-refractivity contribution in [3.8, 4) is 0 Å². The van der Waals surface area contributed by atoms with Gasteiger partial charge in [0.05, 0.1) is 12.1 Å². The molecule has 2 N–H and O–H groups in total. The normalized spacial score (nSPS) is 20.1. The zero-order chi connectivity index (χ0) is 17.3. The summed E-state index contributed by atoms with van der Waals surface area (Å²) < 4.78 is 1.13. The minimum absolute atomic E-state index is 0.0326. The lowest BCUT2D eigenvalue weighted by atomic mass is 9.85. The Morgan fingerprint density at radius 1 is 1.38 bits per heavy atom. The van der Waals surface area contributed by atoms with Gasteiger partial charge in [-0.3, -0.25) is 14.5 Å². The molecule has 0 saturated heterocycles. The number of carbonyl (C=O) groups is 2. The molecule has 0 radical (unpaired) electrons. The molecule has 1 aliphatic carbocycles. The van der Waals surface area contributed by atoms with Gasteiger partial charge in [0, 0.05) is 27.5 Å². The molecule has 0 bridgehead atoms. The number of carbonyl (C=O) groups excluding carboxylic acids is 1. The predicted molar refractivity (Wildman–Crippen MR) is 95.7 cm³/mol. The Hall–Kier alpha value is -1.92. The Balaban J connectivity index is 1.59. The van der Waals surface area contributed by atoms with Gasteiger partial charge in [-0.2, -0.15) is 0 Å². The van der Waals surface area contributed by atoms with Crippen LogP contribution in [-0.2, 0) is 4.79 Å². The summed E-state index contributed by atoms with van der Waals surface area (Å²) in [4.78, 5) is 25.3. The Morgan fingerprint density at radius 2 is 2.12 bits per heavy atom. The van der Waals surface area contributed by atoms with Crippen molar-refractivity contribution in [3.63, 3.8) is 0 Å². The number of likely N-dealkylation sites (N-methyl/N-ethyl adjacent to an activating group) is 1. The first-order valence-electron chi connectivity index (χ1n) is 8.22. The van der Waals surface area contributed by atoms with Crippen LogP contribution in [0.15, 0.2) is 23.6 Å². The molecule has 24 heavy (non-hydrogen) atoms. The van der Waals surface area contributed by atoms with Crippen LogP contribution in [0.25, 0.3) is 10.1 Å². The lowest BCUT2D eigenvalue weighted by Crippen LogP contribution is -2.54. The fourth-order valence-corrected chi connectivity index (χ4v) is 4.29. The summed E-state index contributed by atoms with van der Waals surface area (Å²) >= 11 is 1.59. The molecule has 0 aliphatic heterocycles. The van der Waals surface area contributed by atoms with Crippen LogP contribution in [0.3, 0.4) is 0 Å². The highest BCUT2D eigenvalue weighted by Gasteiger charge is 2.35. The van der Waals surface area contributed by atoms with Gasteiger partial charge < -0.3 is 10.4 Å². The van der Waals surface area contributed by atoms with Crippen LogP contribution in [0, 0.1) is 6.92 Å². The molecule has 1 saturated carbocycles. The number of fused-ring (bicyclic) bond motifs is 1. The van der Waals surface area contributed by atoms with E-state index in [1.807, 2.05) is 36.3 Å². The lowest BCUT2D eigenvalue weighted by molar-refractivity contribution is -0.139. The van der Waals surface area contributed by atoms with Crippen molar-refractivity contribution in [3.05, 3.63) is 34.7 Å². The summed E-state index contributed by atoms with van der Waals surface area (Å²) in [7, 11) is 0. The molecule has 1 amide bonds. The van der Waals surface area contributed by atoms with E-state index in [1.54, 1.807) is 11.3 Å². The highest BCUT2D eigenvalue weighted by molar-refractivity contribution is 7.17. The molecule has 0 spiro atoms.